The van der Waals surface area contributed by atoms with Gasteiger partial charge in [0.05, 0.1) is 12.2 Å². The summed E-state index contributed by atoms with van der Waals surface area (Å²) in [5, 5.41) is 3.70. The highest BCUT2D eigenvalue weighted by atomic mass is 16.6. The normalized spacial score (nSPS) is 11.1. The molecule has 7 heteroatoms. The van der Waals surface area contributed by atoms with Gasteiger partial charge in [-0.15, -0.1) is 0 Å². The van der Waals surface area contributed by atoms with Gasteiger partial charge in [0.2, 0.25) is 0 Å². The van der Waals surface area contributed by atoms with Gasteiger partial charge in [-0.05, 0) is 79.8 Å². The number of nitrogens with zero attached hydrogens (tertiary/aromatic N) is 1. The minimum Gasteiger partial charge on any atom is -0.493 e. The molecule has 5 rings (SSSR count). The molecule has 5 aromatic rings. The minimum absolute atomic E-state index is 0.368. The van der Waals surface area contributed by atoms with E-state index >= 15 is 0 Å². The predicted molar refractivity (Wildman–Crippen MR) is 179 cm³/mol. The third-order valence-corrected chi connectivity index (χ3v) is 7.56. The van der Waals surface area contributed by atoms with Gasteiger partial charge in [0.25, 0.3) is 0 Å². The number of carbonyl (C=O) groups is 1. The van der Waals surface area contributed by atoms with E-state index in [0.29, 0.717) is 42.3 Å². The number of rotatable bonds is 15. The van der Waals surface area contributed by atoms with Gasteiger partial charge < -0.3 is 24.1 Å². The third kappa shape index (κ3) is 9.81. The van der Waals surface area contributed by atoms with Crippen LogP contribution in [0.4, 0.5) is 4.79 Å². The lowest BCUT2D eigenvalue weighted by Gasteiger charge is -2.17. The Kier molecular flexibility index (Phi) is 11.4. The second-order valence-electron chi connectivity index (χ2n) is 11.2. The van der Waals surface area contributed by atoms with Gasteiger partial charge in [-0.2, -0.15) is 0 Å². The largest absolute Gasteiger partial charge is 0.493 e. The first-order valence-electron chi connectivity index (χ1n) is 15.6. The quantitative estimate of drug-likeness (QED) is 0.0968. The summed E-state index contributed by atoms with van der Waals surface area (Å²) in [6.45, 7) is 2.66. The number of ether oxygens (including phenoxy) is 2. The average Bonchev–Trinajstić information content (AvgIpc) is 3.05. The van der Waals surface area contributed by atoms with Crippen LogP contribution in [0.25, 0.3) is 22.1 Å². The van der Waals surface area contributed by atoms with E-state index < -0.39 is 6.09 Å². The third-order valence-electron chi connectivity index (χ3n) is 7.56. The Bertz CT molecular complexity index is 1720. The van der Waals surface area contributed by atoms with Gasteiger partial charge in [0, 0.05) is 31.1 Å². The Balaban J connectivity index is 0.999. The molecule has 0 saturated carbocycles. The minimum atomic E-state index is -0.426. The summed E-state index contributed by atoms with van der Waals surface area (Å²) < 4.78 is 17.1. The van der Waals surface area contributed by atoms with Gasteiger partial charge in [-0.1, -0.05) is 79.2 Å². The van der Waals surface area contributed by atoms with Crippen molar-refractivity contribution in [2.75, 3.05) is 26.7 Å². The van der Waals surface area contributed by atoms with Crippen molar-refractivity contribution in [1.29, 1.82) is 0 Å². The smallest absolute Gasteiger partial charge is 0.412 e. The number of amides is 1. The van der Waals surface area contributed by atoms with Crippen LogP contribution in [0.3, 0.4) is 0 Å². The van der Waals surface area contributed by atoms with Gasteiger partial charge >= 0.3 is 11.7 Å². The molecule has 7 nitrogen and oxygen atoms in total. The van der Waals surface area contributed by atoms with E-state index in [1.807, 2.05) is 79.8 Å². The van der Waals surface area contributed by atoms with Gasteiger partial charge in [-0.3, -0.25) is 0 Å². The molecule has 232 valence electrons. The number of carbonyl (C=O) groups excluding carboxylic acids is 1. The van der Waals surface area contributed by atoms with Crippen LogP contribution in [-0.4, -0.2) is 37.7 Å². The zero-order valence-electron chi connectivity index (χ0n) is 25.7. The number of nitrogens with one attached hydrogen (secondary N) is 1. The zero-order valence-corrected chi connectivity index (χ0v) is 25.7. The molecule has 0 aliphatic heterocycles. The molecule has 0 bridgehead atoms. The number of hydrogen-bond donors (Lipinski definition) is 1. The summed E-state index contributed by atoms with van der Waals surface area (Å²) in [6.07, 6.45) is 4.52. The van der Waals surface area contributed by atoms with Crippen molar-refractivity contribution in [2.45, 2.75) is 38.6 Å². The van der Waals surface area contributed by atoms with Crippen molar-refractivity contribution in [1.82, 2.24) is 10.2 Å². The van der Waals surface area contributed by atoms with Crippen LogP contribution in [0.5, 0.6) is 11.5 Å². The van der Waals surface area contributed by atoms with E-state index in [0.717, 1.165) is 55.2 Å². The van der Waals surface area contributed by atoms with E-state index in [1.165, 1.54) is 5.56 Å². The molecule has 0 aliphatic carbocycles. The molecule has 0 radical (unpaired) electrons. The van der Waals surface area contributed by atoms with Crippen LogP contribution in [-0.2, 0) is 13.0 Å². The molecule has 1 amide bonds. The zero-order chi connectivity index (χ0) is 31.3. The van der Waals surface area contributed by atoms with Crippen LogP contribution in [0.15, 0.2) is 118 Å². The maximum Gasteiger partial charge on any atom is 0.412 e. The van der Waals surface area contributed by atoms with Crippen molar-refractivity contribution in [3.8, 4) is 22.6 Å². The summed E-state index contributed by atoms with van der Waals surface area (Å²) in [6, 6.07) is 35.0. The standard InChI is InChI=1S/C38H40N2O5/c1-40(23-12-24-43-33-21-20-32-26-35(31-17-8-3-9-18-31)37(41)45-36(32)27-33)28-30-16-11-19-34(25-30)44-38(42)39-22-10-4-7-15-29-13-5-2-6-14-29/h2-3,5-6,8-9,11,13-14,16-21,25-27H,4,7,10,12,15,22-24,28H2,1H3,(H,39,42). The highest BCUT2D eigenvalue weighted by Crippen LogP contribution is 2.24. The van der Waals surface area contributed by atoms with E-state index in [9.17, 15) is 9.59 Å². The SMILES string of the molecule is CN(CCCOc1ccc2cc(-c3ccccc3)c(=O)oc2c1)Cc1cccc(OC(=O)NCCCCCc2ccccc2)c1. The molecule has 0 unspecified atom stereocenters. The lowest BCUT2D eigenvalue weighted by molar-refractivity contribution is 0.200. The monoisotopic (exact) mass is 604 g/mol. The number of hydrogen-bond acceptors (Lipinski definition) is 6. The fraction of sp³-hybridized carbons (Fsp3) is 0.263. The van der Waals surface area contributed by atoms with Crippen LogP contribution >= 0.6 is 0 Å². The number of benzene rings is 4. The molecule has 0 aliphatic rings. The summed E-state index contributed by atoms with van der Waals surface area (Å²) >= 11 is 0. The van der Waals surface area contributed by atoms with E-state index in [4.69, 9.17) is 13.9 Å². The van der Waals surface area contributed by atoms with Crippen LogP contribution in [0, 0.1) is 0 Å². The molecule has 0 spiro atoms. The van der Waals surface area contributed by atoms with Crippen molar-refractivity contribution in [3.63, 3.8) is 0 Å². The molecule has 1 heterocycles. The summed E-state index contributed by atoms with van der Waals surface area (Å²) in [4.78, 5) is 27.0. The van der Waals surface area contributed by atoms with Gasteiger partial charge in [0.1, 0.15) is 17.1 Å². The molecule has 0 atom stereocenters. The summed E-state index contributed by atoms with van der Waals surface area (Å²) in [5.41, 5.74) is 3.92. The van der Waals surface area contributed by atoms with Gasteiger partial charge in [0.15, 0.2) is 0 Å². The van der Waals surface area contributed by atoms with Crippen LogP contribution < -0.4 is 20.4 Å². The predicted octanol–water partition coefficient (Wildman–Crippen LogP) is 7.86. The fourth-order valence-corrected chi connectivity index (χ4v) is 5.23. The number of aryl methyl sites for hydroxylation is 1. The van der Waals surface area contributed by atoms with Crippen molar-refractivity contribution in [3.05, 3.63) is 131 Å². The Morgan fingerprint density at radius 3 is 2.38 bits per heavy atom. The molecule has 1 N–H and O–H groups in total. The fourth-order valence-electron chi connectivity index (χ4n) is 5.23. The van der Waals surface area contributed by atoms with E-state index in [2.05, 4.69) is 34.5 Å². The molecular weight excluding hydrogens is 564 g/mol. The Morgan fingerprint density at radius 1 is 0.778 bits per heavy atom. The highest BCUT2D eigenvalue weighted by molar-refractivity contribution is 5.82. The van der Waals surface area contributed by atoms with Crippen molar-refractivity contribution >= 4 is 17.1 Å². The molecule has 1 aromatic heterocycles. The lowest BCUT2D eigenvalue weighted by atomic mass is 10.1. The lowest BCUT2D eigenvalue weighted by Crippen LogP contribution is -2.27. The molecule has 0 saturated heterocycles. The van der Waals surface area contributed by atoms with E-state index in [-0.39, 0.29) is 5.63 Å². The van der Waals surface area contributed by atoms with Gasteiger partial charge in [-0.25, -0.2) is 9.59 Å². The van der Waals surface area contributed by atoms with Crippen LogP contribution in [0.1, 0.15) is 36.8 Å². The Hall–Kier alpha value is -4.88. The molecule has 4 aromatic carbocycles. The summed E-state index contributed by atoms with van der Waals surface area (Å²) in [7, 11) is 2.05. The first-order chi connectivity index (χ1) is 22.0. The number of unbranched alkanes of at least 4 members (excludes halogenated alkanes) is 2. The second kappa shape index (κ2) is 16.3. The maximum atomic E-state index is 12.6. The van der Waals surface area contributed by atoms with Crippen LogP contribution in [0.2, 0.25) is 0 Å². The highest BCUT2D eigenvalue weighted by Gasteiger charge is 2.10. The molecular formula is C38H40N2O5. The van der Waals surface area contributed by atoms with Crippen molar-refractivity contribution in [2.24, 2.45) is 0 Å². The molecule has 45 heavy (non-hydrogen) atoms. The first kappa shape index (κ1) is 31.5. The van der Waals surface area contributed by atoms with Crippen molar-refractivity contribution < 1.29 is 18.7 Å². The molecule has 0 fully saturated rings. The summed E-state index contributed by atoms with van der Waals surface area (Å²) in [5.74, 6) is 1.20. The second-order valence-corrected chi connectivity index (χ2v) is 11.2. The average molecular weight is 605 g/mol. The maximum absolute atomic E-state index is 12.6. The first-order valence-corrected chi connectivity index (χ1v) is 15.6. The topological polar surface area (TPSA) is 81.0 Å². The van der Waals surface area contributed by atoms with E-state index in [1.54, 1.807) is 12.1 Å². The Morgan fingerprint density at radius 2 is 1.56 bits per heavy atom. The number of fused-ring (bicyclic) bond motifs is 1. The Labute approximate surface area is 264 Å².